The molecule has 1 fully saturated rings. The number of rotatable bonds is 4. The fourth-order valence-electron chi connectivity index (χ4n) is 1.98. The molecular formula is C12H23N3O3. The Balaban J connectivity index is 2.49. The van der Waals surface area contributed by atoms with Gasteiger partial charge in [-0.05, 0) is 12.8 Å². The van der Waals surface area contributed by atoms with Crippen LogP contribution in [0.25, 0.3) is 0 Å². The third-order valence-corrected chi connectivity index (χ3v) is 3.53. The van der Waals surface area contributed by atoms with Crippen LogP contribution >= 0.6 is 0 Å². The van der Waals surface area contributed by atoms with Crippen LogP contribution in [0.1, 0.15) is 20.8 Å². The smallest absolute Gasteiger partial charge is 0.320 e. The maximum absolute atomic E-state index is 12.0. The number of carboxylic acid groups (broad SMARTS) is 1. The van der Waals surface area contributed by atoms with Crippen LogP contribution in [0.3, 0.4) is 0 Å². The molecule has 1 aliphatic rings. The van der Waals surface area contributed by atoms with Crippen LogP contribution in [0.15, 0.2) is 0 Å². The minimum atomic E-state index is -0.825. The van der Waals surface area contributed by atoms with Crippen LogP contribution in [-0.4, -0.2) is 65.0 Å². The summed E-state index contributed by atoms with van der Waals surface area (Å²) in [6.07, 6.45) is 0. The number of piperazine rings is 1. The molecule has 18 heavy (non-hydrogen) atoms. The van der Waals surface area contributed by atoms with Crippen molar-refractivity contribution in [2.45, 2.75) is 32.9 Å². The maximum atomic E-state index is 12.0. The van der Waals surface area contributed by atoms with E-state index in [4.69, 9.17) is 10.8 Å². The highest BCUT2D eigenvalue weighted by atomic mass is 16.4. The summed E-state index contributed by atoms with van der Waals surface area (Å²) in [5, 5.41) is 8.93. The summed E-state index contributed by atoms with van der Waals surface area (Å²) in [5.74, 6) is -0.741. The SMILES string of the molecule is CC(C)C(N)C(=O)N1CCN(C(C)C(=O)O)CC1. The van der Waals surface area contributed by atoms with Gasteiger partial charge in [0, 0.05) is 26.2 Å². The molecule has 0 aromatic carbocycles. The van der Waals surface area contributed by atoms with Crippen molar-refractivity contribution in [3.05, 3.63) is 0 Å². The zero-order valence-corrected chi connectivity index (χ0v) is 11.3. The molecule has 0 radical (unpaired) electrons. The van der Waals surface area contributed by atoms with Gasteiger partial charge in [0.2, 0.25) is 5.91 Å². The van der Waals surface area contributed by atoms with Crippen LogP contribution < -0.4 is 5.73 Å². The molecule has 6 heteroatoms. The van der Waals surface area contributed by atoms with Gasteiger partial charge in [-0.1, -0.05) is 13.8 Å². The highest BCUT2D eigenvalue weighted by molar-refractivity contribution is 5.82. The minimum Gasteiger partial charge on any atom is -0.480 e. The average molecular weight is 257 g/mol. The Morgan fingerprint density at radius 3 is 2.00 bits per heavy atom. The lowest BCUT2D eigenvalue weighted by Gasteiger charge is -2.37. The fourth-order valence-corrected chi connectivity index (χ4v) is 1.98. The molecule has 0 aliphatic carbocycles. The summed E-state index contributed by atoms with van der Waals surface area (Å²) in [6, 6.07) is -0.963. The first-order valence-electron chi connectivity index (χ1n) is 6.35. The summed E-state index contributed by atoms with van der Waals surface area (Å²) in [7, 11) is 0. The molecule has 0 saturated carbocycles. The van der Waals surface area contributed by atoms with Crippen molar-refractivity contribution >= 4 is 11.9 Å². The first-order valence-corrected chi connectivity index (χ1v) is 6.35. The molecule has 1 saturated heterocycles. The van der Waals surface area contributed by atoms with Crippen molar-refractivity contribution in [1.29, 1.82) is 0 Å². The second-order valence-electron chi connectivity index (χ2n) is 5.15. The van der Waals surface area contributed by atoms with Gasteiger partial charge in [-0.25, -0.2) is 0 Å². The number of nitrogens with two attached hydrogens (primary N) is 1. The molecule has 3 N–H and O–H groups in total. The number of amides is 1. The van der Waals surface area contributed by atoms with Gasteiger partial charge >= 0.3 is 5.97 Å². The standard InChI is InChI=1S/C12H23N3O3/c1-8(2)10(13)11(16)15-6-4-14(5-7-15)9(3)12(17)18/h8-10H,4-7,13H2,1-3H3,(H,17,18). The van der Waals surface area contributed by atoms with Crippen molar-refractivity contribution in [2.75, 3.05) is 26.2 Å². The van der Waals surface area contributed by atoms with E-state index in [0.717, 1.165) is 0 Å². The molecule has 1 amide bonds. The van der Waals surface area contributed by atoms with Crippen LogP contribution in [0.2, 0.25) is 0 Å². The number of aliphatic carboxylic acids is 1. The van der Waals surface area contributed by atoms with Gasteiger partial charge in [-0.2, -0.15) is 0 Å². The molecule has 2 atom stereocenters. The number of carboxylic acids is 1. The average Bonchev–Trinajstić information content (AvgIpc) is 2.36. The second kappa shape index (κ2) is 6.15. The van der Waals surface area contributed by atoms with Gasteiger partial charge in [0.1, 0.15) is 6.04 Å². The Hall–Kier alpha value is -1.14. The Bertz CT molecular complexity index is 312. The molecule has 6 nitrogen and oxygen atoms in total. The third-order valence-electron chi connectivity index (χ3n) is 3.53. The molecule has 2 unspecified atom stereocenters. The van der Waals surface area contributed by atoms with E-state index in [9.17, 15) is 9.59 Å². The lowest BCUT2D eigenvalue weighted by atomic mass is 10.0. The van der Waals surface area contributed by atoms with Crippen LogP contribution in [0.5, 0.6) is 0 Å². The van der Waals surface area contributed by atoms with Crippen LogP contribution in [0, 0.1) is 5.92 Å². The van der Waals surface area contributed by atoms with Crippen LogP contribution in [0.4, 0.5) is 0 Å². The van der Waals surface area contributed by atoms with E-state index in [1.807, 2.05) is 18.7 Å². The first-order chi connectivity index (χ1) is 8.34. The Morgan fingerprint density at radius 2 is 1.61 bits per heavy atom. The molecule has 0 aromatic rings. The van der Waals surface area contributed by atoms with Crippen LogP contribution in [-0.2, 0) is 9.59 Å². The van der Waals surface area contributed by atoms with Gasteiger partial charge in [0.15, 0.2) is 0 Å². The molecule has 1 rings (SSSR count). The molecule has 1 aliphatic heterocycles. The minimum absolute atomic E-state index is 0.0346. The first kappa shape index (κ1) is 14.9. The maximum Gasteiger partial charge on any atom is 0.320 e. The summed E-state index contributed by atoms with van der Waals surface area (Å²) in [4.78, 5) is 26.5. The molecule has 0 spiro atoms. The van der Waals surface area contributed by atoms with E-state index in [1.54, 1.807) is 11.8 Å². The quantitative estimate of drug-likeness (QED) is 0.715. The van der Waals surface area contributed by atoms with Crippen molar-refractivity contribution in [2.24, 2.45) is 11.7 Å². The third kappa shape index (κ3) is 3.43. The van der Waals surface area contributed by atoms with E-state index in [-0.39, 0.29) is 11.8 Å². The summed E-state index contributed by atoms with van der Waals surface area (Å²) >= 11 is 0. The number of carbonyl (C=O) groups excluding carboxylic acids is 1. The van der Waals surface area contributed by atoms with Crippen molar-refractivity contribution in [3.63, 3.8) is 0 Å². The van der Waals surface area contributed by atoms with Crippen molar-refractivity contribution in [1.82, 2.24) is 9.80 Å². The van der Waals surface area contributed by atoms with E-state index >= 15 is 0 Å². The van der Waals surface area contributed by atoms with Crippen molar-refractivity contribution in [3.8, 4) is 0 Å². The van der Waals surface area contributed by atoms with Gasteiger partial charge < -0.3 is 15.7 Å². The predicted molar refractivity (Wildman–Crippen MR) is 68.1 cm³/mol. The van der Waals surface area contributed by atoms with E-state index in [2.05, 4.69) is 0 Å². The molecule has 0 bridgehead atoms. The van der Waals surface area contributed by atoms with Gasteiger partial charge in [0.05, 0.1) is 6.04 Å². The molecular weight excluding hydrogens is 234 g/mol. The van der Waals surface area contributed by atoms with E-state index in [0.29, 0.717) is 26.2 Å². The highest BCUT2D eigenvalue weighted by Crippen LogP contribution is 2.10. The van der Waals surface area contributed by atoms with Gasteiger partial charge in [-0.3, -0.25) is 14.5 Å². The van der Waals surface area contributed by atoms with Gasteiger partial charge in [0.25, 0.3) is 0 Å². The highest BCUT2D eigenvalue weighted by Gasteiger charge is 2.29. The second-order valence-corrected chi connectivity index (χ2v) is 5.15. The predicted octanol–water partition coefficient (Wildman–Crippen LogP) is -0.413. The Kier molecular flexibility index (Phi) is 5.10. The largest absolute Gasteiger partial charge is 0.480 e. The lowest BCUT2D eigenvalue weighted by Crippen LogP contribution is -2.56. The summed E-state index contributed by atoms with van der Waals surface area (Å²) in [5.41, 5.74) is 5.83. The number of hydrogen-bond acceptors (Lipinski definition) is 4. The summed E-state index contributed by atoms with van der Waals surface area (Å²) < 4.78 is 0. The topological polar surface area (TPSA) is 86.9 Å². The zero-order valence-electron chi connectivity index (χ0n) is 11.3. The fraction of sp³-hybridized carbons (Fsp3) is 0.833. The molecule has 0 aromatic heterocycles. The van der Waals surface area contributed by atoms with Crippen molar-refractivity contribution < 1.29 is 14.7 Å². The lowest BCUT2D eigenvalue weighted by molar-refractivity contribution is -0.144. The number of carbonyl (C=O) groups is 2. The monoisotopic (exact) mass is 257 g/mol. The van der Waals surface area contributed by atoms with Gasteiger partial charge in [-0.15, -0.1) is 0 Å². The molecule has 104 valence electrons. The summed E-state index contributed by atoms with van der Waals surface area (Å²) in [6.45, 7) is 7.79. The number of nitrogens with zero attached hydrogens (tertiary/aromatic N) is 2. The zero-order chi connectivity index (χ0) is 13.9. The Morgan fingerprint density at radius 1 is 1.11 bits per heavy atom. The van der Waals surface area contributed by atoms with E-state index < -0.39 is 18.1 Å². The number of hydrogen-bond donors (Lipinski definition) is 2. The normalized spacial score (nSPS) is 20.8. The van der Waals surface area contributed by atoms with E-state index in [1.165, 1.54) is 0 Å². The molecule has 1 heterocycles. The Labute approximate surface area is 108 Å².